The van der Waals surface area contributed by atoms with Gasteiger partial charge < -0.3 is 9.32 Å². The molecule has 0 aliphatic carbocycles. The summed E-state index contributed by atoms with van der Waals surface area (Å²) in [6.07, 6.45) is 3.48. The Morgan fingerprint density at radius 2 is 1.88 bits per heavy atom. The van der Waals surface area contributed by atoms with Crippen molar-refractivity contribution in [2.45, 2.75) is 33.4 Å². The van der Waals surface area contributed by atoms with Gasteiger partial charge in [-0.05, 0) is 44.5 Å². The molecule has 0 radical (unpaired) electrons. The highest BCUT2D eigenvalue weighted by atomic mass is 16.3. The van der Waals surface area contributed by atoms with Crippen LogP contribution in [0.3, 0.4) is 0 Å². The van der Waals surface area contributed by atoms with E-state index in [4.69, 9.17) is 9.40 Å². The molecular formula is C26H29N5O2. The molecule has 0 spiro atoms. The molecule has 7 heteroatoms. The lowest BCUT2D eigenvalue weighted by atomic mass is 10.0. The topological polar surface area (TPSA) is 67.4 Å². The third-order valence-electron chi connectivity index (χ3n) is 6.33. The highest BCUT2D eigenvalue weighted by Crippen LogP contribution is 2.29. The second kappa shape index (κ2) is 8.83. The number of furan rings is 1. The Balaban J connectivity index is 1.47. The van der Waals surface area contributed by atoms with E-state index in [2.05, 4.69) is 42.9 Å². The van der Waals surface area contributed by atoms with Gasteiger partial charge in [0.25, 0.3) is 5.91 Å². The number of carbonyl (C=O) groups is 1. The number of hydrogen-bond acceptors (Lipinski definition) is 5. The van der Waals surface area contributed by atoms with E-state index in [9.17, 15) is 4.79 Å². The Hall–Kier alpha value is -3.45. The molecule has 170 valence electrons. The molecule has 1 fully saturated rings. The van der Waals surface area contributed by atoms with Crippen molar-refractivity contribution in [2.24, 2.45) is 0 Å². The SMILES string of the molecule is Cc1ccccc1-c1cc(C(=O)N2CCN(Cc3ccco3)CC2)c2cnn(C(C)C)c2n1. The second-order valence-corrected chi connectivity index (χ2v) is 8.94. The first kappa shape index (κ1) is 21.4. The predicted octanol–water partition coefficient (Wildman–Crippen LogP) is 4.54. The van der Waals surface area contributed by atoms with Gasteiger partial charge in [0.1, 0.15) is 5.76 Å². The summed E-state index contributed by atoms with van der Waals surface area (Å²) < 4.78 is 7.37. The van der Waals surface area contributed by atoms with E-state index in [0.29, 0.717) is 18.7 Å². The minimum absolute atomic E-state index is 0.0400. The van der Waals surface area contributed by atoms with Crippen molar-refractivity contribution in [3.8, 4) is 11.3 Å². The Labute approximate surface area is 193 Å². The molecule has 3 aromatic heterocycles. The van der Waals surface area contributed by atoms with Crippen LogP contribution in [0.1, 0.15) is 41.6 Å². The Morgan fingerprint density at radius 3 is 2.58 bits per heavy atom. The minimum atomic E-state index is 0.0400. The van der Waals surface area contributed by atoms with E-state index < -0.39 is 0 Å². The first-order valence-corrected chi connectivity index (χ1v) is 11.5. The zero-order chi connectivity index (χ0) is 22.9. The molecule has 4 aromatic rings. The molecule has 0 N–H and O–H groups in total. The summed E-state index contributed by atoms with van der Waals surface area (Å²) in [6.45, 7) is 9.99. The van der Waals surface area contributed by atoms with Crippen LogP contribution < -0.4 is 0 Å². The van der Waals surface area contributed by atoms with Crippen LogP contribution in [0.5, 0.6) is 0 Å². The third kappa shape index (κ3) is 4.16. The molecule has 0 unspecified atom stereocenters. The van der Waals surface area contributed by atoms with Crippen molar-refractivity contribution in [3.63, 3.8) is 0 Å². The summed E-state index contributed by atoms with van der Waals surface area (Å²) in [5, 5.41) is 5.37. The number of nitrogens with zero attached hydrogens (tertiary/aromatic N) is 5. The van der Waals surface area contributed by atoms with Gasteiger partial charge in [-0.25, -0.2) is 9.67 Å². The molecule has 1 amide bonds. The smallest absolute Gasteiger partial charge is 0.254 e. The molecule has 7 nitrogen and oxygen atoms in total. The fourth-order valence-electron chi connectivity index (χ4n) is 4.47. The standard InChI is InChI=1S/C26H29N5O2/c1-18(2)31-25-23(16-27-31)22(15-24(28-25)21-9-5-4-7-19(21)3)26(32)30-12-10-29(11-13-30)17-20-8-6-14-33-20/h4-9,14-16,18H,10-13,17H2,1-3H3. The molecule has 0 saturated carbocycles. The predicted molar refractivity (Wildman–Crippen MR) is 128 cm³/mol. The van der Waals surface area contributed by atoms with Crippen molar-refractivity contribution in [3.05, 3.63) is 71.8 Å². The summed E-state index contributed by atoms with van der Waals surface area (Å²) in [7, 11) is 0. The quantitative estimate of drug-likeness (QED) is 0.453. The normalized spacial score (nSPS) is 15.0. The number of piperazine rings is 1. The number of aryl methyl sites for hydroxylation is 1. The maximum Gasteiger partial charge on any atom is 0.254 e. The lowest BCUT2D eigenvalue weighted by Gasteiger charge is -2.34. The lowest BCUT2D eigenvalue weighted by molar-refractivity contribution is 0.0622. The van der Waals surface area contributed by atoms with Crippen LogP contribution in [0.15, 0.2) is 59.3 Å². The van der Waals surface area contributed by atoms with Gasteiger partial charge in [0.2, 0.25) is 0 Å². The summed E-state index contributed by atoms with van der Waals surface area (Å²) >= 11 is 0. The number of fused-ring (bicyclic) bond motifs is 1. The molecule has 4 heterocycles. The fourth-order valence-corrected chi connectivity index (χ4v) is 4.47. The van der Waals surface area contributed by atoms with Crippen LogP contribution in [0.4, 0.5) is 0 Å². The van der Waals surface area contributed by atoms with Crippen LogP contribution in [0.25, 0.3) is 22.3 Å². The van der Waals surface area contributed by atoms with Crippen molar-refractivity contribution in [2.75, 3.05) is 26.2 Å². The molecule has 0 atom stereocenters. The van der Waals surface area contributed by atoms with E-state index >= 15 is 0 Å². The highest BCUT2D eigenvalue weighted by molar-refractivity contribution is 6.06. The van der Waals surface area contributed by atoms with E-state index in [-0.39, 0.29) is 11.9 Å². The van der Waals surface area contributed by atoms with E-state index in [1.807, 2.05) is 39.9 Å². The number of hydrogen-bond donors (Lipinski definition) is 0. The number of carbonyl (C=O) groups excluding carboxylic acids is 1. The van der Waals surface area contributed by atoms with Gasteiger partial charge in [0, 0.05) is 37.8 Å². The van der Waals surface area contributed by atoms with Crippen LogP contribution in [0, 0.1) is 6.92 Å². The molecule has 33 heavy (non-hydrogen) atoms. The number of amides is 1. The number of rotatable bonds is 5. The van der Waals surface area contributed by atoms with Gasteiger partial charge >= 0.3 is 0 Å². The molecule has 1 aliphatic heterocycles. The van der Waals surface area contributed by atoms with Crippen LogP contribution in [-0.2, 0) is 6.54 Å². The lowest BCUT2D eigenvalue weighted by Crippen LogP contribution is -2.48. The van der Waals surface area contributed by atoms with Gasteiger partial charge in [0.05, 0.1) is 35.6 Å². The van der Waals surface area contributed by atoms with Crippen molar-refractivity contribution in [1.29, 1.82) is 0 Å². The van der Waals surface area contributed by atoms with Crippen LogP contribution >= 0.6 is 0 Å². The number of aromatic nitrogens is 3. The summed E-state index contributed by atoms with van der Waals surface area (Å²) in [4.78, 5) is 22.9. The second-order valence-electron chi connectivity index (χ2n) is 8.94. The Morgan fingerprint density at radius 1 is 1.09 bits per heavy atom. The van der Waals surface area contributed by atoms with Crippen molar-refractivity contribution >= 4 is 16.9 Å². The zero-order valence-corrected chi connectivity index (χ0v) is 19.4. The maximum atomic E-state index is 13.7. The summed E-state index contributed by atoms with van der Waals surface area (Å²) in [6, 6.07) is 14.1. The van der Waals surface area contributed by atoms with E-state index in [1.54, 1.807) is 12.5 Å². The minimum Gasteiger partial charge on any atom is -0.468 e. The maximum absolute atomic E-state index is 13.7. The monoisotopic (exact) mass is 443 g/mol. The molecular weight excluding hydrogens is 414 g/mol. The van der Waals surface area contributed by atoms with Gasteiger partial charge in [0.15, 0.2) is 5.65 Å². The molecule has 0 bridgehead atoms. The van der Waals surface area contributed by atoms with Crippen LogP contribution in [0.2, 0.25) is 0 Å². The first-order valence-electron chi connectivity index (χ1n) is 11.5. The summed E-state index contributed by atoms with van der Waals surface area (Å²) in [5.74, 6) is 0.993. The molecule has 1 saturated heterocycles. The molecule has 1 aliphatic rings. The summed E-state index contributed by atoms with van der Waals surface area (Å²) in [5.41, 5.74) is 4.40. The van der Waals surface area contributed by atoms with E-state index in [0.717, 1.165) is 53.2 Å². The van der Waals surface area contributed by atoms with Crippen molar-refractivity contribution in [1.82, 2.24) is 24.6 Å². The Kier molecular flexibility index (Phi) is 5.72. The third-order valence-corrected chi connectivity index (χ3v) is 6.33. The number of pyridine rings is 1. The zero-order valence-electron chi connectivity index (χ0n) is 19.4. The van der Waals surface area contributed by atoms with Gasteiger partial charge in [-0.2, -0.15) is 5.10 Å². The molecule has 5 rings (SSSR count). The molecule has 1 aromatic carbocycles. The van der Waals surface area contributed by atoms with Gasteiger partial charge in [-0.3, -0.25) is 9.69 Å². The number of benzene rings is 1. The first-order chi connectivity index (χ1) is 16.0. The fraction of sp³-hybridized carbons (Fsp3) is 0.346. The van der Waals surface area contributed by atoms with Gasteiger partial charge in [-0.15, -0.1) is 0 Å². The largest absolute Gasteiger partial charge is 0.468 e. The van der Waals surface area contributed by atoms with Crippen molar-refractivity contribution < 1.29 is 9.21 Å². The average molecular weight is 444 g/mol. The van der Waals surface area contributed by atoms with Crippen LogP contribution in [-0.4, -0.2) is 56.7 Å². The Bertz CT molecular complexity index is 1270. The average Bonchev–Trinajstić information content (AvgIpc) is 3.48. The van der Waals surface area contributed by atoms with E-state index in [1.165, 1.54) is 0 Å². The van der Waals surface area contributed by atoms with Gasteiger partial charge in [-0.1, -0.05) is 24.3 Å². The highest BCUT2D eigenvalue weighted by Gasteiger charge is 2.26.